The molecule has 1 aliphatic heterocycles. The predicted octanol–water partition coefficient (Wildman–Crippen LogP) is 6.69. The minimum absolute atomic E-state index is 0.0670. The third-order valence-electron chi connectivity index (χ3n) is 4.64. The summed E-state index contributed by atoms with van der Waals surface area (Å²) in [6, 6.07) is 23.4. The van der Waals surface area contributed by atoms with E-state index in [0.29, 0.717) is 5.57 Å². The fraction of sp³-hybridized carbons (Fsp3) is 0.0417. The number of para-hydroxylation sites is 1. The summed E-state index contributed by atoms with van der Waals surface area (Å²) in [6.45, 7) is 0. The smallest absolute Gasteiger partial charge is 0.262 e. The zero-order chi connectivity index (χ0) is 20.4. The number of hydrogen-bond donors (Lipinski definition) is 0. The van der Waals surface area contributed by atoms with Gasteiger partial charge >= 0.3 is 0 Å². The van der Waals surface area contributed by atoms with Gasteiger partial charge < -0.3 is 4.74 Å². The molecule has 0 N–H and O–H groups in total. The Morgan fingerprint density at radius 3 is 2.31 bits per heavy atom. The molecule has 0 fully saturated rings. The van der Waals surface area contributed by atoms with E-state index < -0.39 is 0 Å². The van der Waals surface area contributed by atoms with Gasteiger partial charge in [0.05, 0.1) is 23.0 Å². The van der Waals surface area contributed by atoms with Gasteiger partial charge in [-0.15, -0.1) is 0 Å². The van der Waals surface area contributed by atoms with Gasteiger partial charge in [0.1, 0.15) is 5.75 Å². The Hall–Kier alpha value is -2.63. The van der Waals surface area contributed by atoms with Gasteiger partial charge in [0.2, 0.25) is 0 Å². The van der Waals surface area contributed by atoms with E-state index in [1.54, 1.807) is 12.0 Å². The van der Waals surface area contributed by atoms with Gasteiger partial charge in [-0.1, -0.05) is 48.5 Å². The quantitative estimate of drug-likeness (QED) is 0.366. The Balaban J connectivity index is 1.82. The van der Waals surface area contributed by atoms with Crippen molar-refractivity contribution >= 4 is 55.2 Å². The lowest BCUT2D eigenvalue weighted by molar-refractivity contribution is -0.113. The molecule has 5 heteroatoms. The zero-order valence-corrected chi connectivity index (χ0v) is 18.8. The SMILES string of the molecule is COc1ccc(/C=C2\C=C(c3ccccc3)N(c3ccccc3Br)C2=O)cc1Br. The van der Waals surface area contributed by atoms with Crippen LogP contribution in [0.25, 0.3) is 11.8 Å². The summed E-state index contributed by atoms with van der Waals surface area (Å²) in [5, 5.41) is 0. The van der Waals surface area contributed by atoms with Crippen molar-refractivity contribution in [1.82, 2.24) is 0 Å². The van der Waals surface area contributed by atoms with Crippen LogP contribution in [0.15, 0.2) is 93.4 Å². The van der Waals surface area contributed by atoms with Gasteiger partial charge in [0, 0.05) is 10.0 Å². The van der Waals surface area contributed by atoms with Crippen LogP contribution in [0.4, 0.5) is 5.69 Å². The Bertz CT molecular complexity index is 1140. The first-order valence-electron chi connectivity index (χ1n) is 9.00. The first-order chi connectivity index (χ1) is 14.1. The molecule has 0 atom stereocenters. The summed E-state index contributed by atoms with van der Waals surface area (Å²) in [4.78, 5) is 15.2. The van der Waals surface area contributed by atoms with Crippen LogP contribution in [0.3, 0.4) is 0 Å². The Labute approximate surface area is 186 Å². The summed E-state index contributed by atoms with van der Waals surface area (Å²) >= 11 is 7.09. The number of anilines is 1. The maximum absolute atomic E-state index is 13.4. The summed E-state index contributed by atoms with van der Waals surface area (Å²) in [5.41, 5.74) is 4.18. The standard InChI is InChI=1S/C24H17Br2NO2/c1-29-23-12-11-16(14-20(23)26)13-18-15-22(17-7-3-2-4-8-17)27(24(18)28)21-10-6-5-9-19(21)25/h2-15H,1H3/b18-13+. The van der Waals surface area contributed by atoms with Gasteiger partial charge in [-0.3, -0.25) is 9.69 Å². The molecule has 3 aromatic carbocycles. The largest absolute Gasteiger partial charge is 0.496 e. The van der Waals surface area contributed by atoms with E-state index in [4.69, 9.17) is 4.74 Å². The van der Waals surface area contributed by atoms with Crippen LogP contribution in [-0.4, -0.2) is 13.0 Å². The zero-order valence-electron chi connectivity index (χ0n) is 15.6. The van der Waals surface area contributed by atoms with Crippen molar-refractivity contribution < 1.29 is 9.53 Å². The third-order valence-corrected chi connectivity index (χ3v) is 5.93. The molecule has 1 heterocycles. The molecule has 144 valence electrons. The number of hydrogen-bond acceptors (Lipinski definition) is 2. The predicted molar refractivity (Wildman–Crippen MR) is 125 cm³/mol. The molecule has 3 aromatic rings. The third kappa shape index (κ3) is 3.93. The van der Waals surface area contributed by atoms with Crippen LogP contribution in [0.1, 0.15) is 11.1 Å². The first-order valence-corrected chi connectivity index (χ1v) is 10.6. The van der Waals surface area contributed by atoms with Crippen molar-refractivity contribution in [2.24, 2.45) is 0 Å². The highest BCUT2D eigenvalue weighted by Crippen LogP contribution is 2.38. The number of rotatable bonds is 4. The molecule has 0 aliphatic carbocycles. The van der Waals surface area contributed by atoms with E-state index in [2.05, 4.69) is 31.9 Å². The molecule has 0 spiro atoms. The second kappa shape index (κ2) is 8.39. The number of ether oxygens (including phenoxy) is 1. The minimum Gasteiger partial charge on any atom is -0.496 e. The second-order valence-corrected chi connectivity index (χ2v) is 8.19. The number of methoxy groups -OCH3 is 1. The van der Waals surface area contributed by atoms with E-state index in [1.165, 1.54) is 0 Å². The Morgan fingerprint density at radius 1 is 0.897 bits per heavy atom. The molecular formula is C24H17Br2NO2. The average molecular weight is 511 g/mol. The summed E-state index contributed by atoms with van der Waals surface area (Å²) in [5.74, 6) is 0.683. The van der Waals surface area contributed by atoms with Crippen molar-refractivity contribution in [3.63, 3.8) is 0 Å². The van der Waals surface area contributed by atoms with Crippen molar-refractivity contribution in [2.75, 3.05) is 12.0 Å². The number of benzene rings is 3. The maximum Gasteiger partial charge on any atom is 0.262 e. The van der Waals surface area contributed by atoms with Crippen LogP contribution >= 0.6 is 31.9 Å². The number of halogens is 2. The number of carbonyl (C=O) groups excluding carboxylic acids is 1. The lowest BCUT2D eigenvalue weighted by atomic mass is 10.1. The van der Waals surface area contributed by atoms with E-state index in [0.717, 1.165) is 37.2 Å². The molecule has 0 unspecified atom stereocenters. The van der Waals surface area contributed by atoms with Crippen molar-refractivity contribution in [1.29, 1.82) is 0 Å². The molecule has 1 aliphatic rings. The number of carbonyl (C=O) groups is 1. The molecule has 4 rings (SSSR count). The second-order valence-electron chi connectivity index (χ2n) is 6.48. The molecule has 1 amide bonds. The molecule has 29 heavy (non-hydrogen) atoms. The summed E-state index contributed by atoms with van der Waals surface area (Å²) in [7, 11) is 1.63. The van der Waals surface area contributed by atoms with Crippen LogP contribution in [-0.2, 0) is 4.79 Å². The summed E-state index contributed by atoms with van der Waals surface area (Å²) in [6.07, 6.45) is 3.83. The monoisotopic (exact) mass is 509 g/mol. The fourth-order valence-corrected chi connectivity index (χ4v) is 4.28. The number of amides is 1. The minimum atomic E-state index is -0.0670. The van der Waals surface area contributed by atoms with Gasteiger partial charge in [-0.2, -0.15) is 0 Å². The highest BCUT2D eigenvalue weighted by atomic mass is 79.9. The highest BCUT2D eigenvalue weighted by molar-refractivity contribution is 9.11. The van der Waals surface area contributed by atoms with Crippen LogP contribution in [0.5, 0.6) is 5.75 Å². The van der Waals surface area contributed by atoms with E-state index in [1.807, 2.05) is 84.9 Å². The molecule has 0 bridgehead atoms. The lowest BCUT2D eigenvalue weighted by Crippen LogP contribution is -2.25. The average Bonchev–Trinajstić information content (AvgIpc) is 3.05. The molecule has 0 aromatic heterocycles. The fourth-order valence-electron chi connectivity index (χ4n) is 3.26. The van der Waals surface area contributed by atoms with E-state index in [9.17, 15) is 4.79 Å². The van der Waals surface area contributed by atoms with Crippen LogP contribution < -0.4 is 9.64 Å². The van der Waals surface area contributed by atoms with Crippen LogP contribution in [0.2, 0.25) is 0 Å². The molecule has 3 nitrogen and oxygen atoms in total. The Morgan fingerprint density at radius 2 is 1.62 bits per heavy atom. The van der Waals surface area contributed by atoms with E-state index >= 15 is 0 Å². The van der Waals surface area contributed by atoms with Gasteiger partial charge in [-0.25, -0.2) is 0 Å². The molecule has 0 radical (unpaired) electrons. The van der Waals surface area contributed by atoms with Crippen molar-refractivity contribution in [3.05, 3.63) is 105 Å². The molecular weight excluding hydrogens is 494 g/mol. The van der Waals surface area contributed by atoms with Gasteiger partial charge in [-0.05, 0) is 79.4 Å². The first kappa shape index (κ1) is 19.7. The van der Waals surface area contributed by atoms with Crippen LogP contribution in [0, 0.1) is 0 Å². The summed E-state index contributed by atoms with van der Waals surface area (Å²) < 4.78 is 7.00. The normalized spacial score (nSPS) is 15.0. The Kier molecular flexibility index (Phi) is 5.69. The maximum atomic E-state index is 13.4. The number of nitrogens with zero attached hydrogens (tertiary/aromatic N) is 1. The topological polar surface area (TPSA) is 29.5 Å². The molecule has 0 saturated heterocycles. The lowest BCUT2D eigenvalue weighted by Gasteiger charge is -2.22. The highest BCUT2D eigenvalue weighted by Gasteiger charge is 2.31. The van der Waals surface area contributed by atoms with E-state index in [-0.39, 0.29) is 5.91 Å². The van der Waals surface area contributed by atoms with Gasteiger partial charge in [0.15, 0.2) is 0 Å². The van der Waals surface area contributed by atoms with Crippen molar-refractivity contribution in [2.45, 2.75) is 0 Å². The van der Waals surface area contributed by atoms with Gasteiger partial charge in [0.25, 0.3) is 5.91 Å². The van der Waals surface area contributed by atoms with Crippen molar-refractivity contribution in [3.8, 4) is 5.75 Å². The molecule has 0 saturated carbocycles.